The molecule has 0 aromatic carbocycles. The van der Waals surface area contributed by atoms with Crippen LogP contribution in [0.1, 0.15) is 31.9 Å². The Morgan fingerprint density at radius 1 is 1.43 bits per heavy atom. The summed E-state index contributed by atoms with van der Waals surface area (Å²) in [7, 11) is 0. The molecule has 1 heterocycles. The van der Waals surface area contributed by atoms with E-state index in [0.29, 0.717) is 6.04 Å². The van der Waals surface area contributed by atoms with Gasteiger partial charge in [-0.3, -0.25) is 4.68 Å². The van der Waals surface area contributed by atoms with Gasteiger partial charge in [0, 0.05) is 12.6 Å². The zero-order valence-corrected chi connectivity index (χ0v) is 9.54. The van der Waals surface area contributed by atoms with Gasteiger partial charge in [-0.1, -0.05) is 6.92 Å². The van der Waals surface area contributed by atoms with Crippen LogP contribution in [0.25, 0.3) is 0 Å². The normalized spacial score (nSPS) is 13.1. The summed E-state index contributed by atoms with van der Waals surface area (Å²) in [6, 6.07) is 0.545. The van der Waals surface area contributed by atoms with Crippen molar-refractivity contribution in [3.05, 3.63) is 11.6 Å². The van der Waals surface area contributed by atoms with Crippen LogP contribution in [0.15, 0.2) is 0 Å². The van der Waals surface area contributed by atoms with Gasteiger partial charge < -0.3 is 5.32 Å². The van der Waals surface area contributed by atoms with Crippen molar-refractivity contribution in [2.24, 2.45) is 0 Å². The molecule has 0 fully saturated rings. The van der Waals surface area contributed by atoms with Gasteiger partial charge >= 0.3 is 0 Å². The Morgan fingerprint density at radius 2 is 2.14 bits per heavy atom. The Bertz CT molecular complexity index is 280. The van der Waals surface area contributed by atoms with E-state index in [-0.39, 0.29) is 0 Å². The van der Waals surface area contributed by atoms with E-state index in [4.69, 9.17) is 0 Å². The lowest BCUT2D eigenvalue weighted by Gasteiger charge is -2.11. The van der Waals surface area contributed by atoms with Gasteiger partial charge in [-0.25, -0.2) is 4.98 Å². The predicted octanol–water partition coefficient (Wildman–Crippen LogP) is 1.28. The first-order valence-corrected chi connectivity index (χ1v) is 5.25. The molecular formula is C10H20N4. The zero-order chi connectivity index (χ0) is 10.6. The van der Waals surface area contributed by atoms with Crippen LogP contribution in [-0.2, 0) is 6.54 Å². The monoisotopic (exact) mass is 196 g/mol. The summed E-state index contributed by atoms with van der Waals surface area (Å²) in [5, 5.41) is 7.70. The molecular weight excluding hydrogens is 176 g/mol. The van der Waals surface area contributed by atoms with E-state index in [1.165, 1.54) is 0 Å². The molecule has 4 nitrogen and oxygen atoms in total. The summed E-state index contributed by atoms with van der Waals surface area (Å²) >= 11 is 0. The molecule has 0 saturated carbocycles. The first-order valence-electron chi connectivity index (χ1n) is 5.25. The molecule has 0 aliphatic heterocycles. The average molecular weight is 196 g/mol. The number of aryl methyl sites for hydroxylation is 3. The van der Waals surface area contributed by atoms with Gasteiger partial charge in [0.1, 0.15) is 11.6 Å². The van der Waals surface area contributed by atoms with Crippen LogP contribution in [0, 0.1) is 13.8 Å². The summed E-state index contributed by atoms with van der Waals surface area (Å²) in [5.74, 6) is 1.87. The Hall–Kier alpha value is -0.900. The zero-order valence-electron chi connectivity index (χ0n) is 9.54. The fourth-order valence-corrected chi connectivity index (χ4v) is 1.54. The summed E-state index contributed by atoms with van der Waals surface area (Å²) in [4.78, 5) is 4.27. The van der Waals surface area contributed by atoms with E-state index < -0.39 is 0 Å². The maximum absolute atomic E-state index is 4.32. The topological polar surface area (TPSA) is 42.7 Å². The van der Waals surface area contributed by atoms with Crippen molar-refractivity contribution in [3.63, 3.8) is 0 Å². The fourth-order valence-electron chi connectivity index (χ4n) is 1.54. The van der Waals surface area contributed by atoms with Gasteiger partial charge in [0.2, 0.25) is 0 Å². The largest absolute Gasteiger partial charge is 0.314 e. The lowest BCUT2D eigenvalue weighted by atomic mass is 10.2. The van der Waals surface area contributed by atoms with Crippen LogP contribution in [0.4, 0.5) is 0 Å². The molecule has 80 valence electrons. The van der Waals surface area contributed by atoms with Gasteiger partial charge in [-0.2, -0.15) is 5.10 Å². The third kappa shape index (κ3) is 3.10. The van der Waals surface area contributed by atoms with Gasteiger partial charge in [-0.05, 0) is 33.7 Å². The fraction of sp³-hybridized carbons (Fsp3) is 0.800. The van der Waals surface area contributed by atoms with E-state index in [1.807, 2.05) is 18.5 Å². The SMILES string of the molecule is CCNC(C)CCn1nc(C)nc1C. The third-order valence-electron chi connectivity index (χ3n) is 2.29. The van der Waals surface area contributed by atoms with Gasteiger partial charge in [-0.15, -0.1) is 0 Å². The maximum Gasteiger partial charge on any atom is 0.147 e. The van der Waals surface area contributed by atoms with E-state index in [1.54, 1.807) is 0 Å². The molecule has 0 aliphatic carbocycles. The molecule has 0 saturated heterocycles. The summed E-state index contributed by atoms with van der Waals surface area (Å²) in [5.41, 5.74) is 0. The first-order chi connectivity index (χ1) is 6.63. The number of hydrogen-bond donors (Lipinski definition) is 1. The van der Waals surface area contributed by atoms with Crippen LogP contribution in [-0.4, -0.2) is 27.4 Å². The van der Waals surface area contributed by atoms with E-state index in [2.05, 4.69) is 29.2 Å². The van der Waals surface area contributed by atoms with Crippen LogP contribution < -0.4 is 5.32 Å². The minimum Gasteiger partial charge on any atom is -0.314 e. The summed E-state index contributed by atoms with van der Waals surface area (Å²) < 4.78 is 1.98. The second-order valence-corrected chi connectivity index (χ2v) is 3.68. The molecule has 1 rings (SSSR count). The van der Waals surface area contributed by atoms with Crippen molar-refractivity contribution >= 4 is 0 Å². The highest BCUT2D eigenvalue weighted by Gasteiger charge is 2.04. The lowest BCUT2D eigenvalue weighted by molar-refractivity contribution is 0.461. The number of rotatable bonds is 5. The Kier molecular flexibility index (Phi) is 4.07. The highest BCUT2D eigenvalue weighted by Crippen LogP contribution is 1.99. The molecule has 4 heteroatoms. The van der Waals surface area contributed by atoms with E-state index >= 15 is 0 Å². The highest BCUT2D eigenvalue weighted by atomic mass is 15.3. The molecule has 0 bridgehead atoms. The number of hydrogen-bond acceptors (Lipinski definition) is 3. The summed E-state index contributed by atoms with van der Waals surface area (Å²) in [6.07, 6.45) is 1.09. The van der Waals surface area contributed by atoms with Crippen LogP contribution in [0.2, 0.25) is 0 Å². The molecule has 0 radical (unpaired) electrons. The molecule has 14 heavy (non-hydrogen) atoms. The van der Waals surface area contributed by atoms with Crippen molar-refractivity contribution in [1.29, 1.82) is 0 Å². The smallest absolute Gasteiger partial charge is 0.147 e. The quantitative estimate of drug-likeness (QED) is 0.771. The minimum atomic E-state index is 0.545. The van der Waals surface area contributed by atoms with Crippen molar-refractivity contribution in [3.8, 4) is 0 Å². The third-order valence-corrected chi connectivity index (χ3v) is 2.29. The van der Waals surface area contributed by atoms with Gasteiger partial charge in [0.05, 0.1) is 0 Å². The first kappa shape index (κ1) is 11.2. The van der Waals surface area contributed by atoms with Crippen molar-refractivity contribution in [2.75, 3.05) is 6.54 Å². The van der Waals surface area contributed by atoms with Crippen molar-refractivity contribution in [1.82, 2.24) is 20.1 Å². The molecule has 0 spiro atoms. The van der Waals surface area contributed by atoms with Crippen LogP contribution in [0.5, 0.6) is 0 Å². The molecule has 0 amide bonds. The molecule has 0 aliphatic rings. The molecule has 1 aromatic rings. The Balaban J connectivity index is 2.41. The molecule has 1 atom stereocenters. The van der Waals surface area contributed by atoms with Crippen LogP contribution >= 0.6 is 0 Å². The summed E-state index contributed by atoms with van der Waals surface area (Å²) in [6.45, 7) is 10.2. The van der Waals surface area contributed by atoms with Crippen molar-refractivity contribution in [2.45, 2.75) is 46.7 Å². The second kappa shape index (κ2) is 5.10. The van der Waals surface area contributed by atoms with Gasteiger partial charge in [0.15, 0.2) is 0 Å². The second-order valence-electron chi connectivity index (χ2n) is 3.68. The highest BCUT2D eigenvalue weighted by molar-refractivity contribution is 4.87. The maximum atomic E-state index is 4.32. The minimum absolute atomic E-state index is 0.545. The van der Waals surface area contributed by atoms with E-state index in [9.17, 15) is 0 Å². The average Bonchev–Trinajstić information content (AvgIpc) is 2.42. The number of aromatic nitrogens is 3. The van der Waals surface area contributed by atoms with Crippen LogP contribution in [0.3, 0.4) is 0 Å². The Labute approximate surface area is 85.7 Å². The van der Waals surface area contributed by atoms with Crippen molar-refractivity contribution < 1.29 is 0 Å². The lowest BCUT2D eigenvalue weighted by Crippen LogP contribution is -2.27. The molecule has 1 unspecified atom stereocenters. The van der Waals surface area contributed by atoms with E-state index in [0.717, 1.165) is 31.2 Å². The number of nitrogens with one attached hydrogen (secondary N) is 1. The standard InChI is InChI=1S/C10H20N4/c1-5-11-8(2)6-7-14-10(4)12-9(3)13-14/h8,11H,5-7H2,1-4H3. The molecule has 1 N–H and O–H groups in total. The van der Waals surface area contributed by atoms with Gasteiger partial charge in [0.25, 0.3) is 0 Å². The predicted molar refractivity (Wildman–Crippen MR) is 57.3 cm³/mol. The number of nitrogens with zero attached hydrogens (tertiary/aromatic N) is 3. The molecule has 1 aromatic heterocycles. The Morgan fingerprint density at radius 3 is 2.64 bits per heavy atom.